The first-order chi connectivity index (χ1) is 11.4. The van der Waals surface area contributed by atoms with Crippen molar-refractivity contribution >= 4 is 29.3 Å². The maximum absolute atomic E-state index is 12.9. The number of halogens is 4. The Morgan fingerprint density at radius 3 is 2.40 bits per heavy atom. The summed E-state index contributed by atoms with van der Waals surface area (Å²) in [6, 6.07) is 2.25. The highest BCUT2D eigenvalue weighted by Gasteiger charge is 2.34. The molecule has 1 aromatic carbocycles. The van der Waals surface area contributed by atoms with Crippen molar-refractivity contribution in [2.24, 2.45) is 0 Å². The van der Waals surface area contributed by atoms with Gasteiger partial charge in [0.05, 0.1) is 11.3 Å². The molecule has 0 bridgehead atoms. The van der Waals surface area contributed by atoms with E-state index in [-0.39, 0.29) is 18.0 Å². The highest BCUT2D eigenvalue weighted by Crippen LogP contribution is 2.36. The largest absolute Gasteiger partial charge is 0.460 e. The number of benzene rings is 1. The van der Waals surface area contributed by atoms with Gasteiger partial charge >= 0.3 is 18.2 Å². The minimum absolute atomic E-state index is 0.0874. The monoisotopic (exact) mass is 380 g/mol. The molecule has 25 heavy (non-hydrogen) atoms. The lowest BCUT2D eigenvalue weighted by molar-refractivity contribution is -0.154. The van der Waals surface area contributed by atoms with Crippen LogP contribution in [0.1, 0.15) is 39.2 Å². The van der Waals surface area contributed by atoms with E-state index in [0.717, 1.165) is 12.1 Å². The van der Waals surface area contributed by atoms with Crippen molar-refractivity contribution in [2.45, 2.75) is 45.4 Å². The summed E-state index contributed by atoms with van der Waals surface area (Å²) < 4.78 is 43.9. The molecule has 5 nitrogen and oxygen atoms in total. The van der Waals surface area contributed by atoms with Crippen LogP contribution in [0.25, 0.3) is 0 Å². The van der Waals surface area contributed by atoms with Crippen LogP contribution in [-0.4, -0.2) is 24.1 Å². The fourth-order valence-electron chi connectivity index (χ4n) is 1.85. The van der Waals surface area contributed by atoms with Crippen molar-refractivity contribution in [3.05, 3.63) is 28.8 Å². The molecular weight excluding hydrogens is 361 g/mol. The third-order valence-corrected chi connectivity index (χ3v) is 3.03. The van der Waals surface area contributed by atoms with E-state index in [2.05, 4.69) is 10.6 Å². The van der Waals surface area contributed by atoms with Gasteiger partial charge in [0.15, 0.2) is 0 Å². The lowest BCUT2D eigenvalue weighted by atomic mass is 10.1. The number of carbonyl (C=O) groups is 2. The Balaban J connectivity index is 2.49. The quantitative estimate of drug-likeness (QED) is 0.579. The molecule has 0 aliphatic rings. The number of rotatable bonds is 5. The Hall–Kier alpha value is -1.96. The molecule has 140 valence electrons. The molecule has 9 heteroatoms. The fraction of sp³-hybridized carbons (Fsp3) is 0.500. The van der Waals surface area contributed by atoms with E-state index in [1.54, 1.807) is 20.8 Å². The second kappa shape index (κ2) is 8.42. The molecule has 0 radical (unpaired) electrons. The predicted molar refractivity (Wildman–Crippen MR) is 88.6 cm³/mol. The van der Waals surface area contributed by atoms with E-state index in [9.17, 15) is 22.8 Å². The molecule has 0 fully saturated rings. The predicted octanol–water partition coefficient (Wildman–Crippen LogP) is 4.60. The fourth-order valence-corrected chi connectivity index (χ4v) is 2.03. The molecular formula is C16H20ClF3N2O3. The van der Waals surface area contributed by atoms with Gasteiger partial charge in [-0.1, -0.05) is 11.6 Å². The molecule has 0 saturated heterocycles. The van der Waals surface area contributed by atoms with E-state index in [1.165, 1.54) is 6.07 Å². The van der Waals surface area contributed by atoms with Crippen molar-refractivity contribution in [3.8, 4) is 0 Å². The molecule has 0 aliphatic carbocycles. The third-order valence-electron chi connectivity index (χ3n) is 2.80. The van der Waals surface area contributed by atoms with Crippen LogP contribution in [0.3, 0.4) is 0 Å². The van der Waals surface area contributed by atoms with E-state index >= 15 is 0 Å². The van der Waals surface area contributed by atoms with Crippen molar-refractivity contribution in [3.63, 3.8) is 0 Å². The van der Waals surface area contributed by atoms with Crippen molar-refractivity contribution < 1.29 is 27.5 Å². The highest BCUT2D eigenvalue weighted by molar-refractivity contribution is 6.30. The van der Waals surface area contributed by atoms with Crippen LogP contribution in [-0.2, 0) is 15.7 Å². The topological polar surface area (TPSA) is 67.4 Å². The van der Waals surface area contributed by atoms with Crippen molar-refractivity contribution in [1.82, 2.24) is 5.32 Å². The Labute approximate surface area is 148 Å². The summed E-state index contributed by atoms with van der Waals surface area (Å²) in [5.41, 5.74) is -2.03. The van der Waals surface area contributed by atoms with Gasteiger partial charge in [0.2, 0.25) is 0 Å². The summed E-state index contributed by atoms with van der Waals surface area (Å²) in [5, 5.41) is 4.42. The van der Waals surface area contributed by atoms with Gasteiger partial charge < -0.3 is 15.4 Å². The number of amides is 2. The van der Waals surface area contributed by atoms with E-state index in [0.29, 0.717) is 6.42 Å². The van der Waals surface area contributed by atoms with Crippen molar-refractivity contribution in [2.75, 3.05) is 11.9 Å². The van der Waals surface area contributed by atoms with Crippen LogP contribution in [0, 0.1) is 0 Å². The van der Waals surface area contributed by atoms with E-state index in [4.69, 9.17) is 16.3 Å². The zero-order valence-corrected chi connectivity index (χ0v) is 14.8. The van der Waals surface area contributed by atoms with Crippen LogP contribution < -0.4 is 10.6 Å². The molecule has 0 spiro atoms. The molecule has 0 aromatic heterocycles. The first-order valence-electron chi connectivity index (χ1n) is 7.52. The molecule has 2 N–H and O–H groups in total. The summed E-state index contributed by atoms with van der Waals surface area (Å²) in [6.07, 6.45) is -4.26. The highest BCUT2D eigenvalue weighted by atomic mass is 35.5. The number of anilines is 1. The smallest absolute Gasteiger partial charge is 0.418 e. The van der Waals surface area contributed by atoms with Crippen LogP contribution in [0.15, 0.2) is 18.2 Å². The van der Waals surface area contributed by atoms with Crippen LogP contribution in [0.5, 0.6) is 0 Å². The Morgan fingerprint density at radius 1 is 1.20 bits per heavy atom. The molecule has 0 aliphatic heterocycles. The molecule has 0 heterocycles. The lowest BCUT2D eigenvalue weighted by Crippen LogP contribution is -2.31. The zero-order valence-electron chi connectivity index (χ0n) is 14.1. The van der Waals surface area contributed by atoms with Gasteiger partial charge in [-0.25, -0.2) is 4.79 Å². The van der Waals surface area contributed by atoms with Crippen LogP contribution in [0.2, 0.25) is 5.02 Å². The number of carbonyl (C=O) groups excluding carboxylic acids is 2. The molecule has 0 atom stereocenters. The van der Waals surface area contributed by atoms with Crippen LogP contribution in [0.4, 0.5) is 23.7 Å². The van der Waals surface area contributed by atoms with Gasteiger partial charge in [0.1, 0.15) is 5.60 Å². The molecule has 0 unspecified atom stereocenters. The number of nitrogens with one attached hydrogen (secondary N) is 2. The maximum Gasteiger partial charge on any atom is 0.418 e. The minimum Gasteiger partial charge on any atom is -0.460 e. The average molecular weight is 381 g/mol. The third kappa shape index (κ3) is 8.11. The maximum atomic E-state index is 12.9. The molecule has 1 rings (SSSR count). The number of urea groups is 1. The Kier molecular flexibility index (Phi) is 7.10. The summed E-state index contributed by atoms with van der Waals surface area (Å²) in [7, 11) is 0. The van der Waals surface area contributed by atoms with Gasteiger partial charge in [0.25, 0.3) is 0 Å². The number of alkyl halides is 3. The second-order valence-corrected chi connectivity index (χ2v) is 6.69. The van der Waals surface area contributed by atoms with Gasteiger partial charge in [0, 0.05) is 18.0 Å². The molecule has 0 saturated carbocycles. The average Bonchev–Trinajstić information content (AvgIpc) is 2.42. The van der Waals surface area contributed by atoms with Crippen LogP contribution >= 0.6 is 11.6 Å². The standard InChI is InChI=1S/C16H20ClF3N2O3/c1-15(2,3)25-13(23)5-4-8-21-14(24)22-12-7-6-10(17)9-11(12)16(18,19)20/h6-7,9H,4-5,8H2,1-3H3,(H2,21,22,24). The minimum atomic E-state index is -4.65. The number of hydrogen-bond acceptors (Lipinski definition) is 3. The van der Waals surface area contributed by atoms with Gasteiger partial charge in [-0.2, -0.15) is 13.2 Å². The first kappa shape index (κ1) is 21.1. The van der Waals surface area contributed by atoms with Gasteiger partial charge in [-0.05, 0) is 45.4 Å². The lowest BCUT2D eigenvalue weighted by Gasteiger charge is -2.19. The second-order valence-electron chi connectivity index (χ2n) is 6.26. The van der Waals surface area contributed by atoms with Crippen molar-refractivity contribution in [1.29, 1.82) is 0 Å². The number of hydrogen-bond donors (Lipinski definition) is 2. The number of esters is 1. The first-order valence-corrected chi connectivity index (χ1v) is 7.90. The normalized spacial score (nSPS) is 11.8. The zero-order chi connectivity index (χ0) is 19.3. The van der Waals surface area contributed by atoms with Gasteiger partial charge in [-0.3, -0.25) is 4.79 Å². The van der Waals surface area contributed by atoms with Gasteiger partial charge in [-0.15, -0.1) is 0 Å². The Morgan fingerprint density at radius 2 is 1.84 bits per heavy atom. The Bertz CT molecular complexity index is 628. The van der Waals surface area contributed by atoms with E-state index < -0.39 is 35.0 Å². The summed E-state index contributed by atoms with van der Waals surface area (Å²) in [6.45, 7) is 5.32. The summed E-state index contributed by atoms with van der Waals surface area (Å²) in [5.74, 6) is -0.410. The number of ether oxygens (including phenoxy) is 1. The van der Waals surface area contributed by atoms with E-state index in [1.807, 2.05) is 0 Å². The molecule has 2 amide bonds. The SMILES string of the molecule is CC(C)(C)OC(=O)CCCNC(=O)Nc1ccc(Cl)cc1C(F)(F)F. The summed E-state index contributed by atoms with van der Waals surface area (Å²) >= 11 is 5.57. The summed E-state index contributed by atoms with van der Waals surface area (Å²) in [4.78, 5) is 23.2. The molecule has 1 aromatic rings.